The molecule has 0 radical (unpaired) electrons. The lowest BCUT2D eigenvalue weighted by atomic mass is 9.87. The summed E-state index contributed by atoms with van der Waals surface area (Å²) < 4.78 is 7.27. The normalized spacial score (nSPS) is 11.9. The Morgan fingerprint density at radius 3 is 1.93 bits per heavy atom. The fraction of sp³-hybridized carbons (Fsp3) is 0.455. The van der Waals surface area contributed by atoms with Gasteiger partial charge in [-0.1, -0.05) is 52.6 Å². The molecule has 0 aliphatic heterocycles. The molecule has 0 heterocycles. The number of hydrogen-bond acceptors (Lipinski definition) is 2. The van der Waals surface area contributed by atoms with Gasteiger partial charge in [0.2, 0.25) is 0 Å². The van der Waals surface area contributed by atoms with Crippen LogP contribution in [0.2, 0.25) is 0 Å². The number of hydrogen-bond donors (Lipinski definition) is 0. The van der Waals surface area contributed by atoms with Gasteiger partial charge in [-0.25, -0.2) is 0 Å². The minimum atomic E-state index is 0.119. The van der Waals surface area contributed by atoms with Crippen molar-refractivity contribution in [2.75, 3.05) is 7.11 Å². The first-order valence-corrected chi connectivity index (χ1v) is 6.89. The third kappa shape index (κ3) is 3.48. The molecule has 0 aliphatic rings. The molecule has 0 spiro atoms. The van der Waals surface area contributed by atoms with E-state index < -0.39 is 0 Å². The van der Waals surface area contributed by atoms with Gasteiger partial charge in [0.25, 0.3) is 0 Å². The van der Waals surface area contributed by atoms with Crippen molar-refractivity contribution in [3.63, 3.8) is 0 Å². The van der Waals surface area contributed by atoms with E-state index in [0.29, 0.717) is 0 Å². The summed E-state index contributed by atoms with van der Waals surface area (Å²) in [4.78, 5) is 1.09. The van der Waals surface area contributed by atoms with Crippen LogP contribution < -0.4 is 0 Å². The first kappa shape index (κ1) is 13.6. The quantitative estimate of drug-likeness (QED) is 0.679. The van der Waals surface area contributed by atoms with Crippen molar-refractivity contribution < 1.29 is 4.18 Å². The summed E-state index contributed by atoms with van der Waals surface area (Å²) >= 11 is 8.57. The predicted molar refractivity (Wildman–Crippen MR) is 73.4 cm³/mol. The topological polar surface area (TPSA) is 9.23 Å². The van der Waals surface area contributed by atoms with Crippen molar-refractivity contribution in [3.05, 3.63) is 26.6 Å². The maximum absolute atomic E-state index is 5.04. The van der Waals surface area contributed by atoms with Crippen LogP contribution >= 0.6 is 43.9 Å². The monoisotopic (exact) mass is 352 g/mol. The van der Waals surface area contributed by atoms with Crippen LogP contribution in [-0.4, -0.2) is 7.11 Å². The molecule has 4 heteroatoms. The summed E-state index contributed by atoms with van der Waals surface area (Å²) in [6.45, 7) is 6.59. The number of rotatable bonds is 2. The SMILES string of the molecule is COSc1cc(Br)c(C(C)(C)C)c(Br)c1. The average molecular weight is 354 g/mol. The van der Waals surface area contributed by atoms with Crippen LogP contribution in [0.25, 0.3) is 0 Å². The average Bonchev–Trinajstić information content (AvgIpc) is 1.99. The molecular weight excluding hydrogens is 340 g/mol. The van der Waals surface area contributed by atoms with E-state index in [-0.39, 0.29) is 5.41 Å². The van der Waals surface area contributed by atoms with Gasteiger partial charge in [0.05, 0.1) is 7.11 Å². The molecule has 0 fully saturated rings. The molecular formula is C11H14Br2OS. The van der Waals surface area contributed by atoms with Crippen molar-refractivity contribution >= 4 is 43.9 Å². The predicted octanol–water partition coefficient (Wildman–Crippen LogP) is 5.16. The second-order valence-corrected chi connectivity index (χ2v) is 6.94. The van der Waals surface area contributed by atoms with Crippen LogP contribution in [0.4, 0.5) is 0 Å². The van der Waals surface area contributed by atoms with Crippen LogP contribution in [0.3, 0.4) is 0 Å². The third-order valence-corrected chi connectivity index (χ3v) is 3.79. The molecule has 0 saturated carbocycles. The van der Waals surface area contributed by atoms with E-state index in [9.17, 15) is 0 Å². The van der Waals surface area contributed by atoms with E-state index in [4.69, 9.17) is 4.18 Å². The van der Waals surface area contributed by atoms with E-state index in [1.54, 1.807) is 7.11 Å². The second-order valence-electron chi connectivity index (χ2n) is 4.26. The maximum Gasteiger partial charge on any atom is 0.0508 e. The highest BCUT2D eigenvalue weighted by Crippen LogP contribution is 2.38. The van der Waals surface area contributed by atoms with Crippen LogP contribution in [0.1, 0.15) is 26.3 Å². The molecule has 15 heavy (non-hydrogen) atoms. The van der Waals surface area contributed by atoms with Crippen molar-refractivity contribution in [3.8, 4) is 0 Å². The van der Waals surface area contributed by atoms with Gasteiger partial charge in [-0.2, -0.15) is 0 Å². The molecule has 1 aromatic carbocycles. The molecule has 0 aromatic heterocycles. The van der Waals surface area contributed by atoms with Crippen molar-refractivity contribution in [1.29, 1.82) is 0 Å². The molecule has 0 aliphatic carbocycles. The van der Waals surface area contributed by atoms with Gasteiger partial charge in [0.1, 0.15) is 0 Å². The molecule has 84 valence electrons. The molecule has 0 saturated heterocycles. The standard InChI is InChI=1S/C11H14Br2OS/c1-11(2,3)10-8(12)5-7(15-14-4)6-9(10)13/h5-6H,1-4H3. The minimum Gasteiger partial charge on any atom is -0.314 e. The van der Waals surface area contributed by atoms with E-state index in [2.05, 4.69) is 64.8 Å². The Kier molecular flexibility index (Phi) is 4.71. The summed E-state index contributed by atoms with van der Waals surface area (Å²) in [6.07, 6.45) is 0. The Hall–Kier alpha value is 0.490. The first-order chi connectivity index (χ1) is 6.86. The minimum absolute atomic E-state index is 0.119. The van der Waals surface area contributed by atoms with Gasteiger partial charge in [0.15, 0.2) is 0 Å². The van der Waals surface area contributed by atoms with Gasteiger partial charge in [-0.15, -0.1) is 0 Å². The maximum atomic E-state index is 5.04. The van der Waals surface area contributed by atoms with E-state index in [0.717, 1.165) is 13.8 Å². The fourth-order valence-corrected chi connectivity index (χ4v) is 4.61. The van der Waals surface area contributed by atoms with Crippen LogP contribution in [0.5, 0.6) is 0 Å². The zero-order valence-electron chi connectivity index (χ0n) is 9.23. The van der Waals surface area contributed by atoms with Crippen LogP contribution in [-0.2, 0) is 9.60 Å². The van der Waals surface area contributed by atoms with Gasteiger partial charge in [0, 0.05) is 25.9 Å². The Morgan fingerprint density at radius 2 is 1.60 bits per heavy atom. The van der Waals surface area contributed by atoms with Gasteiger partial charge < -0.3 is 4.18 Å². The summed E-state index contributed by atoms with van der Waals surface area (Å²) in [5, 5.41) is 0. The van der Waals surface area contributed by atoms with Crippen LogP contribution in [0, 0.1) is 0 Å². The zero-order valence-corrected chi connectivity index (χ0v) is 13.2. The largest absolute Gasteiger partial charge is 0.314 e. The highest BCUT2D eigenvalue weighted by molar-refractivity contribution is 9.11. The molecule has 1 aromatic rings. The molecule has 0 unspecified atom stereocenters. The van der Waals surface area contributed by atoms with Crippen molar-refractivity contribution in [2.45, 2.75) is 31.1 Å². The van der Waals surface area contributed by atoms with Gasteiger partial charge in [-0.05, 0) is 23.1 Å². The highest BCUT2D eigenvalue weighted by Gasteiger charge is 2.21. The molecule has 0 amide bonds. The number of halogens is 2. The van der Waals surface area contributed by atoms with Crippen LogP contribution in [0.15, 0.2) is 26.0 Å². The lowest BCUT2D eigenvalue weighted by molar-refractivity contribution is 0.489. The van der Waals surface area contributed by atoms with Crippen molar-refractivity contribution in [1.82, 2.24) is 0 Å². The summed E-state index contributed by atoms with van der Waals surface area (Å²) in [5.41, 5.74) is 1.40. The number of benzene rings is 1. The summed E-state index contributed by atoms with van der Waals surface area (Å²) in [5.74, 6) is 0. The summed E-state index contributed by atoms with van der Waals surface area (Å²) in [7, 11) is 1.67. The molecule has 1 nitrogen and oxygen atoms in total. The third-order valence-electron chi connectivity index (χ3n) is 1.95. The van der Waals surface area contributed by atoms with E-state index >= 15 is 0 Å². The van der Waals surface area contributed by atoms with E-state index in [1.165, 1.54) is 17.6 Å². The Bertz CT molecular complexity index is 335. The summed E-state index contributed by atoms with van der Waals surface area (Å²) in [6, 6.07) is 4.17. The molecule has 0 atom stereocenters. The molecule has 0 bridgehead atoms. The molecule has 0 N–H and O–H groups in total. The Balaban J connectivity index is 3.22. The first-order valence-electron chi connectivity index (χ1n) is 4.56. The Morgan fingerprint density at radius 1 is 1.13 bits per heavy atom. The zero-order chi connectivity index (χ0) is 11.6. The fourth-order valence-electron chi connectivity index (χ4n) is 1.41. The van der Waals surface area contributed by atoms with Gasteiger partial charge in [-0.3, -0.25) is 0 Å². The molecule has 1 rings (SSSR count). The Labute approximate surface area is 112 Å². The lowest BCUT2D eigenvalue weighted by Gasteiger charge is -2.23. The van der Waals surface area contributed by atoms with Crippen molar-refractivity contribution in [2.24, 2.45) is 0 Å². The van der Waals surface area contributed by atoms with E-state index in [1.807, 2.05) is 0 Å². The van der Waals surface area contributed by atoms with Gasteiger partial charge >= 0.3 is 0 Å². The highest BCUT2D eigenvalue weighted by atomic mass is 79.9. The lowest BCUT2D eigenvalue weighted by Crippen LogP contribution is -2.13. The smallest absolute Gasteiger partial charge is 0.0508 e. The second kappa shape index (κ2) is 5.21.